The second-order valence-corrected chi connectivity index (χ2v) is 11.0. The molecular formula is C31H28F7N5O2. The molecule has 1 aliphatic heterocycles. The number of aromatic nitrogens is 4. The first-order valence-corrected chi connectivity index (χ1v) is 13.8. The predicted molar refractivity (Wildman–Crippen MR) is 151 cm³/mol. The molecule has 1 N–H and O–H groups in total. The molecule has 0 radical (unpaired) electrons. The maximum atomic E-state index is 15.4. The van der Waals surface area contributed by atoms with Crippen molar-refractivity contribution in [2.75, 3.05) is 5.32 Å². The Morgan fingerprint density at radius 1 is 1.11 bits per heavy atom. The molecule has 5 rings (SSSR count). The molecule has 0 unspecified atom stereocenters. The summed E-state index contributed by atoms with van der Waals surface area (Å²) < 4.78 is 107. The van der Waals surface area contributed by atoms with Crippen LogP contribution in [-0.4, -0.2) is 43.3 Å². The van der Waals surface area contributed by atoms with Gasteiger partial charge in [-0.15, -0.1) is 0 Å². The maximum absolute atomic E-state index is 15.4. The van der Waals surface area contributed by atoms with Gasteiger partial charge in [0.15, 0.2) is 17.2 Å². The number of carbonyl (C=O) groups is 1. The topological polar surface area (TPSA) is 74.0 Å². The van der Waals surface area contributed by atoms with E-state index < -0.39 is 53.8 Å². The highest BCUT2D eigenvalue weighted by atomic mass is 19.4. The van der Waals surface area contributed by atoms with E-state index in [4.69, 9.17) is 4.74 Å². The molecule has 45 heavy (non-hydrogen) atoms. The summed E-state index contributed by atoms with van der Waals surface area (Å²) in [6.45, 7) is 0.709. The van der Waals surface area contributed by atoms with Crippen LogP contribution in [0.1, 0.15) is 54.3 Å². The highest BCUT2D eigenvalue weighted by molar-refractivity contribution is 5.95. The molecule has 1 aliphatic rings. The number of amides is 1. The fourth-order valence-corrected chi connectivity index (χ4v) is 5.47. The summed E-state index contributed by atoms with van der Waals surface area (Å²) in [4.78, 5) is 13.5. The lowest BCUT2D eigenvalue weighted by Crippen LogP contribution is -2.47. The molecule has 1 amide bonds. The van der Waals surface area contributed by atoms with E-state index in [1.165, 1.54) is 32.2 Å². The number of halogens is 7. The molecule has 7 nitrogen and oxygen atoms in total. The third-order valence-corrected chi connectivity index (χ3v) is 8.11. The fourth-order valence-electron chi connectivity index (χ4n) is 5.47. The maximum Gasteiger partial charge on any atom is 0.417 e. The minimum Gasteiger partial charge on any atom is -0.352 e. The van der Waals surface area contributed by atoms with Crippen molar-refractivity contribution in [2.45, 2.75) is 57.7 Å². The Hall–Kier alpha value is -4.46. The summed E-state index contributed by atoms with van der Waals surface area (Å²) in [5, 5.41) is 10.2. The fraction of sp³-hybridized carbons (Fsp3) is 0.323. The SMILES string of the molecule is Cc1nn(C(F)F)cc1NC(=O)[C@@H]1O[C@@](C)(C(F)(F)F)[C@@H](C)[C@H]1c1ccc(F)c(F)c1/C=C/c1cnn(Cc2ccccc2)c1. The van der Waals surface area contributed by atoms with E-state index >= 15 is 4.39 Å². The molecule has 14 heteroatoms. The Morgan fingerprint density at radius 3 is 2.47 bits per heavy atom. The molecule has 4 aromatic rings. The number of ether oxygens (including phenoxy) is 1. The van der Waals surface area contributed by atoms with Crippen LogP contribution in [0.3, 0.4) is 0 Å². The number of rotatable bonds is 8. The number of hydrogen-bond acceptors (Lipinski definition) is 4. The predicted octanol–water partition coefficient (Wildman–Crippen LogP) is 7.36. The van der Waals surface area contributed by atoms with Gasteiger partial charge < -0.3 is 10.1 Å². The van der Waals surface area contributed by atoms with Crippen LogP contribution in [0, 0.1) is 24.5 Å². The highest BCUT2D eigenvalue weighted by Gasteiger charge is 2.65. The zero-order chi connectivity index (χ0) is 32.7. The van der Waals surface area contributed by atoms with Gasteiger partial charge in [-0.1, -0.05) is 55.5 Å². The highest BCUT2D eigenvalue weighted by Crippen LogP contribution is 2.54. The first kappa shape index (κ1) is 31.9. The molecule has 2 aromatic carbocycles. The van der Waals surface area contributed by atoms with E-state index in [-0.39, 0.29) is 27.2 Å². The number of nitrogens with zero attached hydrogens (tertiary/aromatic N) is 4. The first-order chi connectivity index (χ1) is 21.2. The van der Waals surface area contributed by atoms with E-state index in [9.17, 15) is 31.1 Å². The summed E-state index contributed by atoms with van der Waals surface area (Å²) in [6.07, 6.45) is -0.227. The first-order valence-electron chi connectivity index (χ1n) is 13.8. The Balaban J connectivity index is 1.52. The van der Waals surface area contributed by atoms with Crippen molar-refractivity contribution < 1.29 is 40.3 Å². The van der Waals surface area contributed by atoms with Crippen molar-refractivity contribution >= 4 is 23.7 Å². The van der Waals surface area contributed by atoms with Gasteiger partial charge in [0, 0.05) is 29.2 Å². The normalized spacial score (nSPS) is 22.1. The molecule has 3 heterocycles. The monoisotopic (exact) mass is 635 g/mol. The minimum absolute atomic E-state index is 0.0194. The molecule has 238 valence electrons. The van der Waals surface area contributed by atoms with Crippen molar-refractivity contribution in [3.63, 3.8) is 0 Å². The minimum atomic E-state index is -4.96. The number of alkyl halides is 5. The van der Waals surface area contributed by atoms with Crippen LogP contribution in [0.4, 0.5) is 36.4 Å². The molecule has 0 bridgehead atoms. The van der Waals surface area contributed by atoms with E-state index in [0.717, 1.165) is 30.8 Å². The zero-order valence-corrected chi connectivity index (χ0v) is 24.2. The van der Waals surface area contributed by atoms with Crippen LogP contribution >= 0.6 is 0 Å². The van der Waals surface area contributed by atoms with Crippen LogP contribution in [0.15, 0.2) is 61.1 Å². The molecular weight excluding hydrogens is 607 g/mol. The van der Waals surface area contributed by atoms with Crippen LogP contribution in [0.5, 0.6) is 0 Å². The summed E-state index contributed by atoms with van der Waals surface area (Å²) in [5.74, 6) is -6.58. The Labute approximate surface area is 253 Å². The molecule has 0 aliphatic carbocycles. The van der Waals surface area contributed by atoms with Crippen LogP contribution in [0.25, 0.3) is 12.2 Å². The van der Waals surface area contributed by atoms with Crippen molar-refractivity contribution in [3.05, 3.63) is 101 Å². The molecule has 0 spiro atoms. The molecule has 1 saturated heterocycles. The second kappa shape index (κ2) is 12.1. The van der Waals surface area contributed by atoms with Crippen molar-refractivity contribution in [1.29, 1.82) is 0 Å². The van der Waals surface area contributed by atoms with Gasteiger partial charge in [0.2, 0.25) is 0 Å². The van der Waals surface area contributed by atoms with E-state index in [2.05, 4.69) is 15.5 Å². The summed E-state index contributed by atoms with van der Waals surface area (Å²) in [5.41, 5.74) is -2.08. The summed E-state index contributed by atoms with van der Waals surface area (Å²) in [6, 6.07) is 11.3. The lowest BCUT2D eigenvalue weighted by Gasteiger charge is -2.32. The third-order valence-electron chi connectivity index (χ3n) is 8.11. The largest absolute Gasteiger partial charge is 0.417 e. The standard InChI is InChI=1S/C31H28F7N5O2/c1-17-25(27(45-30(17,3)31(36,37)38)28(44)40-24-16-43(29(34)35)41-18(24)2)21-11-12-23(32)26(33)22(21)10-9-20-13-39-42(15-20)14-19-7-5-4-6-8-19/h4-13,15-17,25,27,29H,14H2,1-3H3,(H,40,44)/b10-9+/t17-,25-,27+,30+/m0/s1. The van der Waals surface area contributed by atoms with Gasteiger partial charge in [0.05, 0.1) is 30.3 Å². The summed E-state index contributed by atoms with van der Waals surface area (Å²) >= 11 is 0. The number of hydrogen-bond donors (Lipinski definition) is 1. The smallest absolute Gasteiger partial charge is 0.352 e. The molecule has 0 saturated carbocycles. The molecule has 1 fully saturated rings. The lowest BCUT2D eigenvalue weighted by atomic mass is 9.75. The number of anilines is 1. The van der Waals surface area contributed by atoms with Crippen molar-refractivity contribution in [1.82, 2.24) is 19.6 Å². The van der Waals surface area contributed by atoms with Crippen LogP contribution < -0.4 is 5.32 Å². The number of aryl methyl sites for hydroxylation is 1. The van der Waals surface area contributed by atoms with E-state index in [1.54, 1.807) is 10.9 Å². The van der Waals surface area contributed by atoms with Gasteiger partial charge in [0.1, 0.15) is 6.10 Å². The average molecular weight is 636 g/mol. The average Bonchev–Trinajstić information content (AvgIpc) is 3.66. The quantitative estimate of drug-likeness (QED) is 0.206. The van der Waals surface area contributed by atoms with Gasteiger partial charge in [-0.3, -0.25) is 9.48 Å². The third kappa shape index (κ3) is 6.23. The zero-order valence-electron chi connectivity index (χ0n) is 24.2. The Kier molecular flexibility index (Phi) is 8.62. The van der Waals surface area contributed by atoms with Crippen LogP contribution in [-0.2, 0) is 16.1 Å². The van der Waals surface area contributed by atoms with Gasteiger partial charge in [-0.2, -0.15) is 32.1 Å². The Bertz CT molecular complexity index is 1720. The number of carbonyl (C=O) groups excluding carboxylic acids is 1. The number of benzene rings is 2. The second-order valence-electron chi connectivity index (χ2n) is 11.0. The molecule has 2 aromatic heterocycles. The van der Waals surface area contributed by atoms with E-state index in [0.29, 0.717) is 12.1 Å². The van der Waals surface area contributed by atoms with Gasteiger partial charge in [-0.05, 0) is 31.0 Å². The van der Waals surface area contributed by atoms with Gasteiger partial charge >= 0.3 is 12.7 Å². The van der Waals surface area contributed by atoms with Gasteiger partial charge in [0.25, 0.3) is 5.91 Å². The van der Waals surface area contributed by atoms with Crippen molar-refractivity contribution in [2.24, 2.45) is 5.92 Å². The van der Waals surface area contributed by atoms with Gasteiger partial charge in [-0.25, -0.2) is 13.5 Å². The Morgan fingerprint density at radius 2 is 1.82 bits per heavy atom. The molecule has 4 atom stereocenters. The number of nitrogens with one attached hydrogen (secondary N) is 1. The van der Waals surface area contributed by atoms with E-state index in [1.807, 2.05) is 30.3 Å². The lowest BCUT2D eigenvalue weighted by molar-refractivity contribution is -0.272. The summed E-state index contributed by atoms with van der Waals surface area (Å²) in [7, 11) is 0. The van der Waals surface area contributed by atoms with Crippen LogP contribution in [0.2, 0.25) is 0 Å². The van der Waals surface area contributed by atoms with Crippen molar-refractivity contribution in [3.8, 4) is 0 Å².